The Bertz CT molecular complexity index is 485. The van der Waals surface area contributed by atoms with Crippen molar-refractivity contribution < 1.29 is 14.3 Å². The number of H-pyrrole nitrogens is 1. The molecule has 0 spiro atoms. The van der Waals surface area contributed by atoms with E-state index in [1.807, 2.05) is 20.8 Å². The highest BCUT2D eigenvalue weighted by Crippen LogP contribution is 2.26. The van der Waals surface area contributed by atoms with Gasteiger partial charge in [-0.25, -0.2) is 4.79 Å². The minimum atomic E-state index is -0.358. The van der Waals surface area contributed by atoms with Crippen LogP contribution in [0.25, 0.3) is 0 Å². The molecular formula is C14H19NO3. The van der Waals surface area contributed by atoms with Gasteiger partial charge in [0.1, 0.15) is 5.69 Å². The predicted molar refractivity (Wildman–Crippen MR) is 67.9 cm³/mol. The minimum absolute atomic E-state index is 0.132. The summed E-state index contributed by atoms with van der Waals surface area (Å²) in [6.45, 7) is 6.19. The average molecular weight is 249 g/mol. The molecule has 1 aliphatic carbocycles. The summed E-state index contributed by atoms with van der Waals surface area (Å²) in [6, 6.07) is 0. The Morgan fingerprint density at radius 2 is 2.11 bits per heavy atom. The van der Waals surface area contributed by atoms with Crippen LogP contribution >= 0.6 is 0 Å². The first-order chi connectivity index (χ1) is 8.50. The first kappa shape index (κ1) is 12.9. The lowest BCUT2D eigenvalue weighted by atomic mass is 9.94. The Morgan fingerprint density at radius 1 is 1.39 bits per heavy atom. The van der Waals surface area contributed by atoms with Crippen LogP contribution in [0.15, 0.2) is 0 Å². The van der Waals surface area contributed by atoms with Gasteiger partial charge in [-0.15, -0.1) is 0 Å². The maximum atomic E-state index is 11.9. The van der Waals surface area contributed by atoms with Crippen molar-refractivity contribution in [2.75, 3.05) is 6.61 Å². The molecule has 0 unspecified atom stereocenters. The van der Waals surface area contributed by atoms with E-state index in [0.29, 0.717) is 30.2 Å². The molecule has 1 aromatic heterocycles. The lowest BCUT2D eigenvalue weighted by Crippen LogP contribution is -2.12. The molecule has 18 heavy (non-hydrogen) atoms. The number of ether oxygens (including phenoxy) is 1. The third kappa shape index (κ3) is 2.33. The molecule has 1 aromatic rings. The van der Waals surface area contributed by atoms with Crippen molar-refractivity contribution in [2.24, 2.45) is 5.92 Å². The second-order valence-electron chi connectivity index (χ2n) is 5.25. The highest BCUT2D eigenvalue weighted by Gasteiger charge is 2.26. The van der Waals surface area contributed by atoms with E-state index in [0.717, 1.165) is 24.1 Å². The molecular weight excluding hydrogens is 230 g/mol. The van der Waals surface area contributed by atoms with Crippen molar-refractivity contribution in [1.82, 2.24) is 4.98 Å². The normalized spacial score (nSPS) is 14.8. The molecule has 0 amide bonds. The number of esters is 1. The second-order valence-corrected chi connectivity index (χ2v) is 5.25. The Kier molecular flexibility index (Phi) is 3.55. The quantitative estimate of drug-likeness (QED) is 0.838. The van der Waals surface area contributed by atoms with Crippen molar-refractivity contribution in [1.29, 1.82) is 0 Å². The van der Waals surface area contributed by atoms with E-state index in [2.05, 4.69) is 4.98 Å². The van der Waals surface area contributed by atoms with Gasteiger partial charge in [0.2, 0.25) is 0 Å². The molecule has 98 valence electrons. The van der Waals surface area contributed by atoms with E-state index >= 15 is 0 Å². The van der Waals surface area contributed by atoms with Crippen LogP contribution in [0.5, 0.6) is 0 Å². The molecule has 0 aliphatic heterocycles. The molecule has 0 fully saturated rings. The third-order valence-corrected chi connectivity index (χ3v) is 3.19. The Labute approximate surface area is 107 Å². The van der Waals surface area contributed by atoms with Crippen LogP contribution < -0.4 is 0 Å². The summed E-state index contributed by atoms with van der Waals surface area (Å²) in [5, 5.41) is 0. The number of nitrogens with one attached hydrogen (secondary N) is 1. The molecule has 0 saturated heterocycles. The summed E-state index contributed by atoms with van der Waals surface area (Å²) in [4.78, 5) is 26.8. The summed E-state index contributed by atoms with van der Waals surface area (Å²) in [5.41, 5.74) is 2.78. The Hall–Kier alpha value is -1.58. The number of carbonyl (C=O) groups is 2. The molecule has 0 radical (unpaired) electrons. The van der Waals surface area contributed by atoms with Crippen molar-refractivity contribution >= 4 is 11.8 Å². The molecule has 1 heterocycles. The van der Waals surface area contributed by atoms with E-state index in [1.54, 1.807) is 0 Å². The standard InChI is InChI=1S/C14H19NO3/c1-8(2)7-18-14(17)13-9(3)12-10(15-13)5-4-6-11(12)16/h8,15H,4-7H2,1-3H3. The summed E-state index contributed by atoms with van der Waals surface area (Å²) in [6.07, 6.45) is 2.26. The number of aromatic nitrogens is 1. The zero-order valence-corrected chi connectivity index (χ0v) is 11.1. The van der Waals surface area contributed by atoms with Crippen LogP contribution in [-0.2, 0) is 11.2 Å². The molecule has 0 saturated carbocycles. The fourth-order valence-corrected chi connectivity index (χ4v) is 2.29. The number of carbonyl (C=O) groups excluding carboxylic acids is 2. The van der Waals surface area contributed by atoms with Gasteiger partial charge in [0.05, 0.1) is 6.61 Å². The van der Waals surface area contributed by atoms with Gasteiger partial charge < -0.3 is 9.72 Å². The molecule has 2 rings (SSSR count). The third-order valence-electron chi connectivity index (χ3n) is 3.19. The number of hydrogen-bond donors (Lipinski definition) is 1. The number of hydrogen-bond acceptors (Lipinski definition) is 3. The number of fused-ring (bicyclic) bond motifs is 1. The first-order valence-corrected chi connectivity index (χ1v) is 6.42. The topological polar surface area (TPSA) is 59.2 Å². The summed E-state index contributed by atoms with van der Waals surface area (Å²) < 4.78 is 5.20. The van der Waals surface area contributed by atoms with E-state index in [4.69, 9.17) is 4.74 Å². The summed E-state index contributed by atoms with van der Waals surface area (Å²) in [5.74, 6) is 0.0804. The van der Waals surface area contributed by atoms with Crippen LogP contribution in [0.2, 0.25) is 0 Å². The monoisotopic (exact) mass is 249 g/mol. The molecule has 4 nitrogen and oxygen atoms in total. The number of rotatable bonds is 3. The Balaban J connectivity index is 2.24. The van der Waals surface area contributed by atoms with Crippen LogP contribution in [0.1, 0.15) is 58.8 Å². The molecule has 1 aliphatic rings. The van der Waals surface area contributed by atoms with Gasteiger partial charge >= 0.3 is 5.97 Å². The van der Waals surface area contributed by atoms with E-state index < -0.39 is 0 Å². The lowest BCUT2D eigenvalue weighted by Gasteiger charge is -2.09. The van der Waals surface area contributed by atoms with Crippen LogP contribution in [-0.4, -0.2) is 23.3 Å². The van der Waals surface area contributed by atoms with Crippen LogP contribution in [0, 0.1) is 12.8 Å². The van der Waals surface area contributed by atoms with Crippen molar-refractivity contribution in [3.05, 3.63) is 22.5 Å². The van der Waals surface area contributed by atoms with Gasteiger partial charge in [-0.2, -0.15) is 0 Å². The van der Waals surface area contributed by atoms with Gasteiger partial charge in [0, 0.05) is 17.7 Å². The first-order valence-electron chi connectivity index (χ1n) is 6.42. The molecule has 0 aromatic carbocycles. The zero-order chi connectivity index (χ0) is 13.3. The van der Waals surface area contributed by atoms with Crippen molar-refractivity contribution in [3.63, 3.8) is 0 Å². The summed E-state index contributed by atoms with van der Waals surface area (Å²) >= 11 is 0. The van der Waals surface area contributed by atoms with Gasteiger partial charge in [-0.3, -0.25) is 4.79 Å². The predicted octanol–water partition coefficient (Wildman–Crippen LogP) is 2.65. The average Bonchev–Trinajstić information content (AvgIpc) is 2.65. The lowest BCUT2D eigenvalue weighted by molar-refractivity contribution is 0.0452. The van der Waals surface area contributed by atoms with E-state index in [1.165, 1.54) is 0 Å². The number of aryl methyl sites for hydroxylation is 1. The Morgan fingerprint density at radius 3 is 2.72 bits per heavy atom. The van der Waals surface area contributed by atoms with Crippen molar-refractivity contribution in [3.8, 4) is 0 Å². The fourth-order valence-electron chi connectivity index (χ4n) is 2.29. The highest BCUT2D eigenvalue weighted by atomic mass is 16.5. The van der Waals surface area contributed by atoms with Crippen molar-refractivity contribution in [2.45, 2.75) is 40.0 Å². The van der Waals surface area contributed by atoms with Gasteiger partial charge in [0.15, 0.2) is 5.78 Å². The maximum absolute atomic E-state index is 11.9. The maximum Gasteiger partial charge on any atom is 0.355 e. The molecule has 1 N–H and O–H groups in total. The van der Waals surface area contributed by atoms with Crippen LogP contribution in [0.4, 0.5) is 0 Å². The largest absolute Gasteiger partial charge is 0.461 e. The minimum Gasteiger partial charge on any atom is -0.461 e. The number of ketones is 1. The second kappa shape index (κ2) is 4.96. The smallest absolute Gasteiger partial charge is 0.355 e. The SMILES string of the molecule is Cc1c(C(=O)OCC(C)C)[nH]c2c1C(=O)CCC2. The number of aromatic amines is 1. The molecule has 0 atom stereocenters. The van der Waals surface area contributed by atoms with Gasteiger partial charge in [0.25, 0.3) is 0 Å². The van der Waals surface area contributed by atoms with Gasteiger partial charge in [-0.05, 0) is 31.2 Å². The van der Waals surface area contributed by atoms with Crippen LogP contribution in [0.3, 0.4) is 0 Å². The summed E-state index contributed by atoms with van der Waals surface area (Å²) in [7, 11) is 0. The molecule has 4 heteroatoms. The molecule has 0 bridgehead atoms. The number of Topliss-reactive ketones (excluding diaryl/α,β-unsaturated/α-hetero) is 1. The zero-order valence-electron chi connectivity index (χ0n) is 11.1. The highest BCUT2D eigenvalue weighted by molar-refractivity contribution is 6.03. The fraction of sp³-hybridized carbons (Fsp3) is 0.571. The van der Waals surface area contributed by atoms with E-state index in [-0.39, 0.29) is 11.8 Å². The van der Waals surface area contributed by atoms with E-state index in [9.17, 15) is 9.59 Å². The van der Waals surface area contributed by atoms with Gasteiger partial charge in [-0.1, -0.05) is 13.8 Å².